The molecule has 0 fully saturated rings. The number of hydrogen-bond acceptors (Lipinski definition) is 3. The molecule has 1 aromatic rings. The predicted molar refractivity (Wildman–Crippen MR) is 68.0 cm³/mol. The maximum Gasteiger partial charge on any atom is 0.235 e. The van der Waals surface area contributed by atoms with Crippen LogP contribution in [-0.2, 0) is 15.6 Å². The quantitative estimate of drug-likeness (QED) is 0.879. The van der Waals surface area contributed by atoms with Crippen molar-refractivity contribution in [1.82, 2.24) is 5.32 Å². The molecule has 0 aliphatic rings. The third kappa shape index (κ3) is 3.72. The minimum atomic E-state index is -1.24. The van der Waals surface area contributed by atoms with E-state index >= 15 is 0 Å². The van der Waals surface area contributed by atoms with Crippen molar-refractivity contribution in [3.05, 3.63) is 17.5 Å². The molecular weight excluding hydrogens is 242 g/mol. The molecule has 1 aromatic heterocycles. The van der Waals surface area contributed by atoms with E-state index in [1.807, 2.05) is 25.3 Å². The van der Waals surface area contributed by atoms with Crippen molar-refractivity contribution in [2.75, 3.05) is 6.54 Å². The Bertz CT molecular complexity index is 360. The van der Waals surface area contributed by atoms with Crippen LogP contribution in [-0.4, -0.2) is 21.9 Å². The second kappa shape index (κ2) is 6.15. The molecule has 2 atom stereocenters. The first-order chi connectivity index (χ1) is 7.52. The van der Waals surface area contributed by atoms with Gasteiger partial charge in [0, 0.05) is 6.54 Å². The van der Waals surface area contributed by atoms with Crippen LogP contribution in [0.5, 0.6) is 0 Å². The normalized spacial score (nSPS) is 14.8. The van der Waals surface area contributed by atoms with Crippen molar-refractivity contribution in [2.24, 2.45) is 5.92 Å². The molecule has 0 aliphatic heterocycles. The van der Waals surface area contributed by atoms with Crippen LogP contribution in [0, 0.1) is 5.92 Å². The second-order valence-electron chi connectivity index (χ2n) is 4.01. The SMILES string of the molecule is CC(C)CNC(=O)[C@@H](C)[S@@](=O)c1cccs1. The monoisotopic (exact) mass is 259 g/mol. The summed E-state index contributed by atoms with van der Waals surface area (Å²) in [5.41, 5.74) is 0. The number of carbonyl (C=O) groups excluding carboxylic acids is 1. The molecule has 0 bridgehead atoms. The lowest BCUT2D eigenvalue weighted by Crippen LogP contribution is -2.37. The van der Waals surface area contributed by atoms with Gasteiger partial charge >= 0.3 is 0 Å². The number of rotatable bonds is 5. The van der Waals surface area contributed by atoms with Gasteiger partial charge in [0.05, 0.1) is 15.0 Å². The van der Waals surface area contributed by atoms with Crippen LogP contribution in [0.15, 0.2) is 21.7 Å². The summed E-state index contributed by atoms with van der Waals surface area (Å²) in [6.45, 7) is 6.39. The van der Waals surface area contributed by atoms with E-state index in [0.29, 0.717) is 12.5 Å². The average molecular weight is 259 g/mol. The van der Waals surface area contributed by atoms with Crippen LogP contribution in [0.4, 0.5) is 0 Å². The van der Waals surface area contributed by atoms with E-state index in [1.165, 1.54) is 11.3 Å². The largest absolute Gasteiger partial charge is 0.355 e. The van der Waals surface area contributed by atoms with Gasteiger partial charge in [-0.3, -0.25) is 9.00 Å². The maximum absolute atomic E-state index is 12.0. The first kappa shape index (κ1) is 13.4. The Hall–Kier alpha value is -0.680. The van der Waals surface area contributed by atoms with Gasteiger partial charge in [-0.25, -0.2) is 0 Å². The van der Waals surface area contributed by atoms with Gasteiger partial charge in [0.15, 0.2) is 0 Å². The zero-order chi connectivity index (χ0) is 12.1. The lowest BCUT2D eigenvalue weighted by Gasteiger charge is -2.12. The first-order valence-electron chi connectivity index (χ1n) is 5.24. The first-order valence-corrected chi connectivity index (χ1v) is 7.33. The second-order valence-corrected chi connectivity index (χ2v) is 6.96. The molecule has 0 aliphatic carbocycles. The Morgan fingerprint density at radius 1 is 1.50 bits per heavy atom. The number of thiophene rings is 1. The predicted octanol–water partition coefficient (Wildman–Crippen LogP) is 2.02. The summed E-state index contributed by atoms with van der Waals surface area (Å²) in [5.74, 6) is 0.270. The summed E-state index contributed by atoms with van der Waals surface area (Å²) >= 11 is 1.42. The topological polar surface area (TPSA) is 46.2 Å². The number of carbonyl (C=O) groups is 1. The Labute approximate surface area is 103 Å². The van der Waals surface area contributed by atoms with Gasteiger partial charge in [-0.15, -0.1) is 11.3 Å². The zero-order valence-electron chi connectivity index (χ0n) is 9.73. The van der Waals surface area contributed by atoms with Crippen molar-refractivity contribution < 1.29 is 9.00 Å². The van der Waals surface area contributed by atoms with E-state index in [2.05, 4.69) is 5.32 Å². The number of amides is 1. The van der Waals surface area contributed by atoms with Crippen molar-refractivity contribution >= 4 is 28.0 Å². The highest BCUT2D eigenvalue weighted by atomic mass is 32.2. The molecule has 1 rings (SSSR count). The Morgan fingerprint density at radius 3 is 2.69 bits per heavy atom. The average Bonchev–Trinajstić information content (AvgIpc) is 2.77. The molecule has 0 aromatic carbocycles. The maximum atomic E-state index is 12.0. The molecule has 1 amide bonds. The molecule has 0 spiro atoms. The minimum Gasteiger partial charge on any atom is -0.355 e. The summed E-state index contributed by atoms with van der Waals surface area (Å²) in [4.78, 5) is 11.7. The number of hydrogen-bond donors (Lipinski definition) is 1. The smallest absolute Gasteiger partial charge is 0.235 e. The van der Waals surface area contributed by atoms with Crippen LogP contribution in [0.2, 0.25) is 0 Å². The van der Waals surface area contributed by atoms with Gasteiger partial charge in [0.25, 0.3) is 0 Å². The Balaban J connectivity index is 2.54. The highest BCUT2D eigenvalue weighted by Gasteiger charge is 2.21. The lowest BCUT2D eigenvalue weighted by atomic mass is 10.2. The fourth-order valence-electron chi connectivity index (χ4n) is 1.10. The van der Waals surface area contributed by atoms with E-state index in [9.17, 15) is 9.00 Å². The summed E-state index contributed by atoms with van der Waals surface area (Å²) < 4.78 is 12.7. The fraction of sp³-hybridized carbons (Fsp3) is 0.545. The van der Waals surface area contributed by atoms with Crippen LogP contribution >= 0.6 is 11.3 Å². The fourth-order valence-corrected chi connectivity index (χ4v) is 3.36. The molecular formula is C11H17NO2S2. The van der Waals surface area contributed by atoms with Crippen molar-refractivity contribution in [3.63, 3.8) is 0 Å². The molecule has 1 heterocycles. The molecule has 0 unspecified atom stereocenters. The van der Waals surface area contributed by atoms with Gasteiger partial charge in [0.1, 0.15) is 5.25 Å². The van der Waals surface area contributed by atoms with Crippen LogP contribution in [0.3, 0.4) is 0 Å². The van der Waals surface area contributed by atoms with Gasteiger partial charge in [-0.05, 0) is 24.3 Å². The summed E-state index contributed by atoms with van der Waals surface area (Å²) in [6.07, 6.45) is 0. The summed E-state index contributed by atoms with van der Waals surface area (Å²) in [7, 11) is -1.24. The third-order valence-corrected chi connectivity index (χ3v) is 4.90. The highest BCUT2D eigenvalue weighted by Crippen LogP contribution is 2.17. The van der Waals surface area contributed by atoms with Crippen LogP contribution in [0.25, 0.3) is 0 Å². The van der Waals surface area contributed by atoms with Gasteiger partial charge in [-0.1, -0.05) is 19.9 Å². The third-order valence-electron chi connectivity index (χ3n) is 2.07. The van der Waals surface area contributed by atoms with Gasteiger partial charge < -0.3 is 5.32 Å². The van der Waals surface area contributed by atoms with Crippen molar-refractivity contribution in [1.29, 1.82) is 0 Å². The molecule has 5 heteroatoms. The Kier molecular flexibility index (Phi) is 5.15. The molecule has 0 radical (unpaired) electrons. The zero-order valence-corrected chi connectivity index (χ0v) is 11.4. The van der Waals surface area contributed by atoms with Crippen LogP contribution in [0.1, 0.15) is 20.8 Å². The molecule has 90 valence electrons. The van der Waals surface area contributed by atoms with Gasteiger partial charge in [-0.2, -0.15) is 0 Å². The standard InChI is InChI=1S/C11H17NO2S2/c1-8(2)7-12-11(13)9(3)16(14)10-5-4-6-15-10/h4-6,8-9H,7H2,1-3H3,(H,12,13)/t9-,16-/m1/s1. The lowest BCUT2D eigenvalue weighted by molar-refractivity contribution is -0.120. The van der Waals surface area contributed by atoms with E-state index in [4.69, 9.17) is 0 Å². The highest BCUT2D eigenvalue weighted by molar-refractivity contribution is 7.88. The molecule has 0 saturated heterocycles. The summed E-state index contributed by atoms with van der Waals surface area (Å²) in [6, 6.07) is 3.64. The minimum absolute atomic E-state index is 0.138. The van der Waals surface area contributed by atoms with Crippen molar-refractivity contribution in [3.8, 4) is 0 Å². The van der Waals surface area contributed by atoms with Crippen molar-refractivity contribution in [2.45, 2.75) is 30.2 Å². The van der Waals surface area contributed by atoms with E-state index < -0.39 is 16.0 Å². The summed E-state index contributed by atoms with van der Waals surface area (Å²) in [5, 5.41) is 4.18. The molecule has 3 nitrogen and oxygen atoms in total. The van der Waals surface area contributed by atoms with E-state index in [-0.39, 0.29) is 5.91 Å². The van der Waals surface area contributed by atoms with E-state index in [1.54, 1.807) is 13.0 Å². The Morgan fingerprint density at radius 2 is 2.19 bits per heavy atom. The van der Waals surface area contributed by atoms with Gasteiger partial charge in [0.2, 0.25) is 5.91 Å². The van der Waals surface area contributed by atoms with E-state index in [0.717, 1.165) is 4.21 Å². The number of nitrogens with one attached hydrogen (secondary N) is 1. The molecule has 16 heavy (non-hydrogen) atoms. The molecule has 1 N–H and O–H groups in total. The van der Waals surface area contributed by atoms with Crippen LogP contribution < -0.4 is 5.32 Å². The molecule has 0 saturated carbocycles.